The predicted molar refractivity (Wildman–Crippen MR) is 76.2 cm³/mol. The van der Waals surface area contributed by atoms with Crippen LogP contribution in [-0.2, 0) is 0 Å². The lowest BCUT2D eigenvalue weighted by atomic mass is 10.0. The molecular weight excluding hydrogens is 238 g/mol. The van der Waals surface area contributed by atoms with Gasteiger partial charge in [-0.25, -0.2) is 4.79 Å². The molecule has 3 fully saturated rings. The highest BCUT2D eigenvalue weighted by Crippen LogP contribution is 2.28. The number of amides is 2. The van der Waals surface area contributed by atoms with Gasteiger partial charge in [0.2, 0.25) is 0 Å². The van der Waals surface area contributed by atoms with Crippen molar-refractivity contribution in [1.82, 2.24) is 15.5 Å². The van der Waals surface area contributed by atoms with E-state index in [0.29, 0.717) is 18.1 Å². The normalized spacial score (nSPS) is 28.3. The van der Waals surface area contributed by atoms with Gasteiger partial charge < -0.3 is 15.5 Å². The van der Waals surface area contributed by atoms with Crippen molar-refractivity contribution in [2.24, 2.45) is 0 Å². The van der Waals surface area contributed by atoms with Gasteiger partial charge in [-0.3, -0.25) is 0 Å². The molecule has 1 unspecified atom stereocenters. The van der Waals surface area contributed by atoms with Crippen LogP contribution in [0.2, 0.25) is 0 Å². The van der Waals surface area contributed by atoms with E-state index in [0.717, 1.165) is 13.1 Å². The molecule has 0 aromatic heterocycles. The Labute approximate surface area is 116 Å². The van der Waals surface area contributed by atoms with Crippen molar-refractivity contribution >= 4 is 6.03 Å². The number of carbonyl (C=O) groups excluding carboxylic acids is 1. The molecule has 1 atom stereocenters. The van der Waals surface area contributed by atoms with Crippen molar-refractivity contribution < 1.29 is 4.79 Å². The molecule has 1 saturated heterocycles. The molecule has 4 nitrogen and oxygen atoms in total. The maximum Gasteiger partial charge on any atom is 0.317 e. The van der Waals surface area contributed by atoms with E-state index >= 15 is 0 Å². The quantitative estimate of drug-likeness (QED) is 0.819. The highest BCUT2D eigenvalue weighted by Gasteiger charge is 2.35. The van der Waals surface area contributed by atoms with Gasteiger partial charge in [0.1, 0.15) is 0 Å². The zero-order valence-corrected chi connectivity index (χ0v) is 11.9. The van der Waals surface area contributed by atoms with Crippen LogP contribution in [0.5, 0.6) is 0 Å². The first-order chi connectivity index (χ1) is 9.33. The third-order valence-electron chi connectivity index (χ3n) is 4.76. The molecule has 4 heteroatoms. The Morgan fingerprint density at radius 1 is 1.05 bits per heavy atom. The van der Waals surface area contributed by atoms with Gasteiger partial charge in [0.25, 0.3) is 0 Å². The van der Waals surface area contributed by atoms with Crippen molar-refractivity contribution in [2.45, 2.75) is 75.9 Å². The summed E-state index contributed by atoms with van der Waals surface area (Å²) in [4.78, 5) is 14.6. The van der Waals surface area contributed by atoms with E-state index in [1.165, 1.54) is 57.8 Å². The van der Waals surface area contributed by atoms with E-state index in [-0.39, 0.29) is 6.03 Å². The first-order valence-corrected chi connectivity index (χ1v) is 8.13. The number of urea groups is 1. The first kappa shape index (κ1) is 13.2. The van der Waals surface area contributed by atoms with E-state index in [9.17, 15) is 4.79 Å². The number of nitrogens with zero attached hydrogens (tertiary/aromatic N) is 1. The second-order valence-electron chi connectivity index (χ2n) is 6.46. The average Bonchev–Trinajstić information content (AvgIpc) is 3.15. The molecule has 3 aliphatic rings. The van der Waals surface area contributed by atoms with E-state index in [2.05, 4.69) is 15.5 Å². The molecule has 0 bridgehead atoms. The Hall–Kier alpha value is -0.770. The lowest BCUT2D eigenvalue weighted by Crippen LogP contribution is -2.51. The standard InChI is InChI=1S/C15H27N3O/c19-15(17-12-5-1-2-6-12)18(14-8-9-14)11-13-7-3-4-10-16-13/h12-14,16H,1-11H2,(H,17,19). The van der Waals surface area contributed by atoms with Crippen LogP contribution in [0.3, 0.4) is 0 Å². The lowest BCUT2D eigenvalue weighted by Gasteiger charge is -2.31. The summed E-state index contributed by atoms with van der Waals surface area (Å²) in [6, 6.07) is 1.67. The highest BCUT2D eigenvalue weighted by atomic mass is 16.2. The molecule has 2 amide bonds. The van der Waals surface area contributed by atoms with Crippen LogP contribution in [0.1, 0.15) is 57.8 Å². The lowest BCUT2D eigenvalue weighted by molar-refractivity contribution is 0.179. The Morgan fingerprint density at radius 3 is 2.42 bits per heavy atom. The van der Waals surface area contributed by atoms with Crippen LogP contribution < -0.4 is 10.6 Å². The van der Waals surface area contributed by atoms with E-state index in [4.69, 9.17) is 0 Å². The summed E-state index contributed by atoms with van der Waals surface area (Å²) in [5.74, 6) is 0. The summed E-state index contributed by atoms with van der Waals surface area (Å²) in [5, 5.41) is 6.81. The predicted octanol–water partition coefficient (Wildman–Crippen LogP) is 2.25. The van der Waals surface area contributed by atoms with E-state index in [1.807, 2.05) is 0 Å². The fourth-order valence-electron chi connectivity index (χ4n) is 3.43. The van der Waals surface area contributed by atoms with Gasteiger partial charge in [-0.15, -0.1) is 0 Å². The van der Waals surface area contributed by atoms with Gasteiger partial charge in [-0.1, -0.05) is 19.3 Å². The fourth-order valence-corrected chi connectivity index (χ4v) is 3.43. The number of hydrogen-bond acceptors (Lipinski definition) is 2. The summed E-state index contributed by atoms with van der Waals surface area (Å²) in [7, 11) is 0. The third kappa shape index (κ3) is 3.62. The van der Waals surface area contributed by atoms with Crippen molar-refractivity contribution in [2.75, 3.05) is 13.1 Å². The van der Waals surface area contributed by atoms with Gasteiger partial charge in [0.15, 0.2) is 0 Å². The second-order valence-corrected chi connectivity index (χ2v) is 6.46. The van der Waals surface area contributed by atoms with Crippen molar-refractivity contribution in [1.29, 1.82) is 0 Å². The molecule has 2 saturated carbocycles. The molecular formula is C15H27N3O. The molecule has 0 aromatic carbocycles. The summed E-state index contributed by atoms with van der Waals surface area (Å²) < 4.78 is 0. The zero-order valence-electron chi connectivity index (χ0n) is 11.9. The second kappa shape index (κ2) is 6.12. The van der Waals surface area contributed by atoms with Crippen molar-refractivity contribution in [3.63, 3.8) is 0 Å². The van der Waals surface area contributed by atoms with Crippen LogP contribution in [0.15, 0.2) is 0 Å². The largest absolute Gasteiger partial charge is 0.335 e. The van der Waals surface area contributed by atoms with E-state index < -0.39 is 0 Å². The Bertz CT molecular complexity index is 305. The SMILES string of the molecule is O=C(NC1CCCC1)N(CC1CCCCN1)C1CC1. The molecule has 19 heavy (non-hydrogen) atoms. The van der Waals surface area contributed by atoms with Gasteiger partial charge in [0, 0.05) is 24.7 Å². The Balaban J connectivity index is 1.52. The Kier molecular flexibility index (Phi) is 4.26. The fraction of sp³-hybridized carbons (Fsp3) is 0.933. The zero-order chi connectivity index (χ0) is 13.1. The van der Waals surface area contributed by atoms with Crippen molar-refractivity contribution in [3.05, 3.63) is 0 Å². The maximum absolute atomic E-state index is 12.4. The molecule has 0 spiro atoms. The molecule has 2 aliphatic carbocycles. The minimum absolute atomic E-state index is 0.196. The van der Waals surface area contributed by atoms with E-state index in [1.54, 1.807) is 0 Å². The van der Waals surface area contributed by atoms with Crippen molar-refractivity contribution in [3.8, 4) is 0 Å². The van der Waals surface area contributed by atoms with Gasteiger partial charge in [-0.2, -0.15) is 0 Å². The number of hydrogen-bond donors (Lipinski definition) is 2. The Morgan fingerprint density at radius 2 is 1.79 bits per heavy atom. The molecule has 0 radical (unpaired) electrons. The highest BCUT2D eigenvalue weighted by molar-refractivity contribution is 5.75. The van der Waals surface area contributed by atoms with Gasteiger partial charge >= 0.3 is 6.03 Å². The molecule has 1 aliphatic heterocycles. The van der Waals surface area contributed by atoms with Crippen LogP contribution >= 0.6 is 0 Å². The van der Waals surface area contributed by atoms with Gasteiger partial charge in [0.05, 0.1) is 0 Å². The number of carbonyl (C=O) groups is 1. The maximum atomic E-state index is 12.4. The molecule has 108 valence electrons. The first-order valence-electron chi connectivity index (χ1n) is 8.13. The summed E-state index contributed by atoms with van der Waals surface area (Å²) in [6.07, 6.45) is 11.1. The van der Waals surface area contributed by atoms with Crippen LogP contribution in [-0.4, -0.2) is 42.1 Å². The summed E-state index contributed by atoms with van der Waals surface area (Å²) in [6.45, 7) is 2.02. The van der Waals surface area contributed by atoms with Crippen LogP contribution in [0.25, 0.3) is 0 Å². The van der Waals surface area contributed by atoms with Gasteiger partial charge in [-0.05, 0) is 45.1 Å². The minimum atomic E-state index is 0.196. The molecule has 3 rings (SSSR count). The number of nitrogens with one attached hydrogen (secondary N) is 2. The third-order valence-corrected chi connectivity index (χ3v) is 4.76. The topological polar surface area (TPSA) is 44.4 Å². The molecule has 2 N–H and O–H groups in total. The molecule has 1 heterocycles. The smallest absolute Gasteiger partial charge is 0.317 e. The summed E-state index contributed by atoms with van der Waals surface area (Å²) >= 11 is 0. The minimum Gasteiger partial charge on any atom is -0.335 e. The molecule has 0 aromatic rings. The van der Waals surface area contributed by atoms with Crippen LogP contribution in [0.4, 0.5) is 4.79 Å². The number of piperidine rings is 1. The monoisotopic (exact) mass is 265 g/mol. The number of rotatable bonds is 4. The van der Waals surface area contributed by atoms with Crippen LogP contribution in [0, 0.1) is 0 Å². The average molecular weight is 265 g/mol. The summed E-state index contributed by atoms with van der Waals surface area (Å²) in [5.41, 5.74) is 0.